The summed E-state index contributed by atoms with van der Waals surface area (Å²) in [5.74, 6) is 1.30. The molecule has 1 fully saturated rings. The Balaban J connectivity index is 1.70. The molecule has 1 N–H and O–H groups in total. The zero-order valence-electron chi connectivity index (χ0n) is 14.9. The predicted molar refractivity (Wildman–Crippen MR) is 103 cm³/mol. The van der Waals surface area contributed by atoms with Crippen LogP contribution in [0.2, 0.25) is 5.02 Å². The summed E-state index contributed by atoms with van der Waals surface area (Å²) in [5.41, 5.74) is 1.27. The minimum Gasteiger partial charge on any atom is -0.346 e. The van der Waals surface area contributed by atoms with Crippen molar-refractivity contribution in [2.45, 2.75) is 18.9 Å². The fourth-order valence-electron chi connectivity index (χ4n) is 3.95. The van der Waals surface area contributed by atoms with Crippen molar-refractivity contribution >= 4 is 34.0 Å². The molecule has 0 amide bonds. The Bertz CT molecular complexity index is 1330. The average molecular weight is 395 g/mol. The Hall–Kier alpha value is -3.38. The third-order valence-electron chi connectivity index (χ3n) is 5.27. The predicted octanol–water partition coefficient (Wildman–Crippen LogP) is 2.17. The van der Waals surface area contributed by atoms with Crippen LogP contribution < -0.4 is 10.5 Å². The van der Waals surface area contributed by atoms with Gasteiger partial charge in [0.1, 0.15) is 29.4 Å². The molecule has 0 radical (unpaired) electrons. The maximum absolute atomic E-state index is 12.8. The van der Waals surface area contributed by atoms with Gasteiger partial charge in [0, 0.05) is 26.0 Å². The molecule has 5 heterocycles. The fraction of sp³-hybridized carbons (Fsp3) is 0.278. The van der Waals surface area contributed by atoms with E-state index in [9.17, 15) is 10.1 Å². The third-order valence-corrected chi connectivity index (χ3v) is 5.58. The second kappa shape index (κ2) is 6.07. The van der Waals surface area contributed by atoms with Crippen LogP contribution in [0.3, 0.4) is 0 Å². The summed E-state index contributed by atoms with van der Waals surface area (Å²) in [5, 5.41) is 15.2. The number of rotatable bonds is 2. The number of nitriles is 1. The van der Waals surface area contributed by atoms with Crippen LogP contribution in [0.25, 0.3) is 16.6 Å². The second-order valence-corrected chi connectivity index (χ2v) is 7.17. The Labute approximate surface area is 163 Å². The average Bonchev–Trinajstić information content (AvgIpc) is 3.42. The number of aromatic amines is 1. The molecule has 0 spiro atoms. The van der Waals surface area contributed by atoms with Crippen LogP contribution in [0, 0.1) is 11.3 Å². The molecule has 0 aromatic carbocycles. The first-order chi connectivity index (χ1) is 13.6. The van der Waals surface area contributed by atoms with E-state index in [4.69, 9.17) is 11.6 Å². The number of aromatic nitrogens is 6. The maximum Gasteiger partial charge on any atom is 0.279 e. The van der Waals surface area contributed by atoms with Gasteiger partial charge in [0.15, 0.2) is 5.82 Å². The summed E-state index contributed by atoms with van der Waals surface area (Å²) in [6.07, 6.45) is 6.54. The van der Waals surface area contributed by atoms with Gasteiger partial charge in [-0.3, -0.25) is 9.36 Å². The first-order valence-corrected chi connectivity index (χ1v) is 9.20. The number of hydrogen-bond acceptors (Lipinski definition) is 6. The van der Waals surface area contributed by atoms with Crippen molar-refractivity contribution in [3.8, 4) is 6.07 Å². The van der Waals surface area contributed by atoms with Crippen LogP contribution in [0.15, 0.2) is 29.6 Å². The van der Waals surface area contributed by atoms with Gasteiger partial charge in [0.25, 0.3) is 5.56 Å². The molecule has 140 valence electrons. The molecule has 1 saturated heterocycles. The Morgan fingerprint density at radius 1 is 1.39 bits per heavy atom. The van der Waals surface area contributed by atoms with Crippen LogP contribution in [0.5, 0.6) is 0 Å². The van der Waals surface area contributed by atoms with Crippen LogP contribution in [0.1, 0.15) is 30.3 Å². The molecule has 0 bridgehead atoms. The van der Waals surface area contributed by atoms with E-state index in [1.807, 2.05) is 0 Å². The molecule has 1 atom stereocenters. The van der Waals surface area contributed by atoms with Crippen molar-refractivity contribution in [1.82, 2.24) is 29.1 Å². The summed E-state index contributed by atoms with van der Waals surface area (Å²) in [7, 11) is 1.71. The topological polar surface area (TPSA) is 108 Å². The van der Waals surface area contributed by atoms with E-state index in [2.05, 4.69) is 31.0 Å². The van der Waals surface area contributed by atoms with Gasteiger partial charge in [-0.2, -0.15) is 10.4 Å². The second-order valence-electron chi connectivity index (χ2n) is 6.77. The van der Waals surface area contributed by atoms with Crippen LogP contribution in [-0.4, -0.2) is 35.7 Å². The number of H-pyrrole nitrogens is 1. The molecule has 1 aliphatic rings. The quantitative estimate of drug-likeness (QED) is 0.558. The Morgan fingerprint density at radius 2 is 2.25 bits per heavy atom. The number of anilines is 1. The van der Waals surface area contributed by atoms with Gasteiger partial charge >= 0.3 is 0 Å². The zero-order valence-corrected chi connectivity index (χ0v) is 15.7. The van der Waals surface area contributed by atoms with E-state index in [1.165, 1.54) is 10.8 Å². The highest BCUT2D eigenvalue weighted by Gasteiger charge is 2.33. The van der Waals surface area contributed by atoms with Crippen molar-refractivity contribution in [3.63, 3.8) is 0 Å². The molecule has 4 aromatic heterocycles. The van der Waals surface area contributed by atoms with E-state index in [0.29, 0.717) is 38.8 Å². The molecule has 1 aliphatic heterocycles. The fourth-order valence-corrected chi connectivity index (χ4v) is 4.18. The lowest BCUT2D eigenvalue weighted by atomic mass is 10.2. The number of nitrogens with one attached hydrogen (secondary N) is 1. The molecule has 0 aliphatic carbocycles. The summed E-state index contributed by atoms with van der Waals surface area (Å²) < 4.78 is 3.08. The molecule has 9 nitrogen and oxygen atoms in total. The first-order valence-electron chi connectivity index (χ1n) is 8.82. The lowest BCUT2D eigenvalue weighted by Gasteiger charge is -2.26. The minimum absolute atomic E-state index is 0.150. The van der Waals surface area contributed by atoms with E-state index in [1.54, 1.807) is 30.1 Å². The monoisotopic (exact) mass is 394 g/mol. The molecule has 5 rings (SSSR count). The summed E-state index contributed by atoms with van der Waals surface area (Å²) >= 11 is 6.14. The van der Waals surface area contributed by atoms with Crippen LogP contribution >= 0.6 is 11.6 Å². The van der Waals surface area contributed by atoms with E-state index in [-0.39, 0.29) is 11.6 Å². The molecule has 0 unspecified atom stereocenters. The van der Waals surface area contributed by atoms with Gasteiger partial charge in [0.05, 0.1) is 22.0 Å². The summed E-state index contributed by atoms with van der Waals surface area (Å²) in [6.45, 7) is 0.743. The molecule has 10 heteroatoms. The minimum atomic E-state index is -0.195. The molecular weight excluding hydrogens is 380 g/mol. The van der Waals surface area contributed by atoms with Crippen LogP contribution in [0.4, 0.5) is 5.82 Å². The Morgan fingerprint density at radius 3 is 3.07 bits per heavy atom. The highest BCUT2D eigenvalue weighted by atomic mass is 35.5. The van der Waals surface area contributed by atoms with Crippen molar-refractivity contribution in [2.75, 3.05) is 11.4 Å². The van der Waals surface area contributed by atoms with Gasteiger partial charge < -0.3 is 9.88 Å². The van der Waals surface area contributed by atoms with E-state index < -0.39 is 0 Å². The highest BCUT2D eigenvalue weighted by Crippen LogP contribution is 2.37. The summed E-state index contributed by atoms with van der Waals surface area (Å²) in [4.78, 5) is 26.6. The van der Waals surface area contributed by atoms with Crippen molar-refractivity contribution in [3.05, 3.63) is 51.6 Å². The maximum atomic E-state index is 12.8. The first kappa shape index (κ1) is 16.8. The summed E-state index contributed by atoms with van der Waals surface area (Å²) in [6, 6.07) is 3.70. The van der Waals surface area contributed by atoms with Crippen LogP contribution in [-0.2, 0) is 7.05 Å². The number of nitrogens with zero attached hydrogens (tertiary/aromatic N) is 7. The van der Waals surface area contributed by atoms with Gasteiger partial charge in [0.2, 0.25) is 0 Å². The normalized spacial score (nSPS) is 16.9. The Kier molecular flexibility index (Phi) is 3.64. The highest BCUT2D eigenvalue weighted by molar-refractivity contribution is 6.33. The van der Waals surface area contributed by atoms with Gasteiger partial charge in [-0.05, 0) is 18.9 Å². The van der Waals surface area contributed by atoms with Gasteiger partial charge in [-0.15, -0.1) is 0 Å². The third kappa shape index (κ3) is 2.25. The molecular formula is C18H15ClN8O. The lowest BCUT2D eigenvalue weighted by Crippen LogP contribution is -2.32. The van der Waals surface area contributed by atoms with E-state index in [0.717, 1.165) is 19.4 Å². The SMILES string of the molecule is Cn1c([C@@H]2CCCN2c2ncnc3[nH]cc(C#N)c23)nn2ccc(Cl)c2c1=O. The van der Waals surface area contributed by atoms with Crippen molar-refractivity contribution in [2.24, 2.45) is 7.05 Å². The van der Waals surface area contributed by atoms with Crippen molar-refractivity contribution < 1.29 is 0 Å². The molecule has 0 saturated carbocycles. The van der Waals surface area contributed by atoms with Gasteiger partial charge in [-0.25, -0.2) is 14.5 Å². The standard InChI is InChI=1S/C18H15ClN8O/c1-25-16(24-27-6-4-11(19)14(27)18(25)28)12-3-2-5-26(12)17-13-10(7-20)8-21-15(13)22-9-23-17/h4,6,8-9,12H,2-3,5H2,1H3,(H,21,22,23)/t12-/m0/s1. The zero-order chi connectivity index (χ0) is 19.4. The smallest absolute Gasteiger partial charge is 0.279 e. The van der Waals surface area contributed by atoms with E-state index >= 15 is 0 Å². The lowest BCUT2D eigenvalue weighted by molar-refractivity contribution is 0.576. The number of hydrogen-bond donors (Lipinski definition) is 1. The van der Waals surface area contributed by atoms with Crippen molar-refractivity contribution in [1.29, 1.82) is 5.26 Å². The number of halogens is 1. The van der Waals surface area contributed by atoms with Gasteiger partial charge in [-0.1, -0.05) is 11.6 Å². The molecule has 28 heavy (non-hydrogen) atoms. The molecule has 4 aromatic rings. The number of fused-ring (bicyclic) bond motifs is 2. The largest absolute Gasteiger partial charge is 0.346 e.